The van der Waals surface area contributed by atoms with Crippen molar-refractivity contribution in [1.82, 2.24) is 0 Å². The molecule has 1 aromatic rings. The lowest BCUT2D eigenvalue weighted by Crippen LogP contribution is -2.28. The smallest absolute Gasteiger partial charge is 0.00650 e. The molecule has 0 aliphatic carbocycles. The highest BCUT2D eigenvalue weighted by molar-refractivity contribution is 7.07. The summed E-state index contributed by atoms with van der Waals surface area (Å²) >= 11 is 1.76. The van der Waals surface area contributed by atoms with Crippen LogP contribution in [-0.4, -0.2) is 6.04 Å². The Balaban J connectivity index is 2.41. The van der Waals surface area contributed by atoms with Crippen LogP contribution in [0, 0.1) is 5.92 Å². The van der Waals surface area contributed by atoms with E-state index in [1.54, 1.807) is 11.3 Å². The largest absolute Gasteiger partial charge is 0.327 e. The molecule has 0 saturated carbocycles. The van der Waals surface area contributed by atoms with E-state index in [4.69, 9.17) is 5.73 Å². The molecule has 0 aromatic carbocycles. The molecule has 0 radical (unpaired) electrons. The highest BCUT2D eigenvalue weighted by Gasteiger charge is 2.10. The molecule has 12 heavy (non-hydrogen) atoms. The molecule has 2 unspecified atom stereocenters. The van der Waals surface area contributed by atoms with E-state index in [1.165, 1.54) is 5.56 Å². The van der Waals surface area contributed by atoms with Gasteiger partial charge in [0.05, 0.1) is 0 Å². The summed E-state index contributed by atoms with van der Waals surface area (Å²) in [5, 5.41) is 4.33. The molecule has 0 spiro atoms. The van der Waals surface area contributed by atoms with E-state index in [1.807, 2.05) is 0 Å². The van der Waals surface area contributed by atoms with E-state index in [0.717, 1.165) is 12.8 Å². The summed E-state index contributed by atoms with van der Waals surface area (Å²) in [5.74, 6) is 0.601. The Morgan fingerprint density at radius 1 is 1.58 bits per heavy atom. The van der Waals surface area contributed by atoms with E-state index < -0.39 is 0 Å². The number of nitrogens with two attached hydrogens (primary N) is 1. The fourth-order valence-corrected chi connectivity index (χ4v) is 2.02. The Bertz CT molecular complexity index is 206. The van der Waals surface area contributed by atoms with Crippen molar-refractivity contribution >= 4 is 11.3 Å². The van der Waals surface area contributed by atoms with Gasteiger partial charge in [0, 0.05) is 6.04 Å². The van der Waals surface area contributed by atoms with Gasteiger partial charge < -0.3 is 5.73 Å². The lowest BCUT2D eigenvalue weighted by molar-refractivity contribution is 0.442. The standard InChI is InChI=1S/C10H17NS/c1-3-10(11)8(2)6-9-4-5-12-7-9/h4-5,7-8,10H,3,6,11H2,1-2H3. The molecule has 0 aliphatic rings. The average molecular weight is 183 g/mol. The fourth-order valence-electron chi connectivity index (χ4n) is 1.33. The van der Waals surface area contributed by atoms with Gasteiger partial charge in [-0.3, -0.25) is 0 Å². The topological polar surface area (TPSA) is 26.0 Å². The van der Waals surface area contributed by atoms with Crippen molar-refractivity contribution in [2.24, 2.45) is 11.7 Å². The van der Waals surface area contributed by atoms with Crippen molar-refractivity contribution in [3.8, 4) is 0 Å². The Kier molecular flexibility index (Phi) is 3.76. The van der Waals surface area contributed by atoms with Crippen molar-refractivity contribution in [2.75, 3.05) is 0 Å². The number of hydrogen-bond donors (Lipinski definition) is 1. The normalized spacial score (nSPS) is 15.9. The molecule has 1 rings (SSSR count). The second-order valence-electron chi connectivity index (χ2n) is 3.39. The first-order chi connectivity index (χ1) is 5.74. The summed E-state index contributed by atoms with van der Waals surface area (Å²) in [6.07, 6.45) is 2.20. The maximum Gasteiger partial charge on any atom is 0.00650 e. The maximum atomic E-state index is 5.94. The Morgan fingerprint density at radius 2 is 2.33 bits per heavy atom. The van der Waals surface area contributed by atoms with Crippen molar-refractivity contribution in [1.29, 1.82) is 0 Å². The number of thiophene rings is 1. The van der Waals surface area contributed by atoms with Crippen LogP contribution in [0.25, 0.3) is 0 Å². The van der Waals surface area contributed by atoms with Gasteiger partial charge in [-0.15, -0.1) is 0 Å². The molecule has 2 atom stereocenters. The van der Waals surface area contributed by atoms with E-state index >= 15 is 0 Å². The second-order valence-corrected chi connectivity index (χ2v) is 4.17. The van der Waals surface area contributed by atoms with Gasteiger partial charge in [0.1, 0.15) is 0 Å². The minimum Gasteiger partial charge on any atom is -0.327 e. The average Bonchev–Trinajstić information content (AvgIpc) is 2.55. The molecule has 1 heterocycles. The summed E-state index contributed by atoms with van der Waals surface area (Å²) in [7, 11) is 0. The van der Waals surface area contributed by atoms with Crippen LogP contribution in [0.4, 0.5) is 0 Å². The minimum atomic E-state index is 0.352. The first kappa shape index (κ1) is 9.75. The van der Waals surface area contributed by atoms with Gasteiger partial charge in [0.15, 0.2) is 0 Å². The van der Waals surface area contributed by atoms with Gasteiger partial charge in [0.25, 0.3) is 0 Å². The molecule has 1 nitrogen and oxygen atoms in total. The van der Waals surface area contributed by atoms with Crippen LogP contribution < -0.4 is 5.73 Å². The highest BCUT2D eigenvalue weighted by atomic mass is 32.1. The monoisotopic (exact) mass is 183 g/mol. The quantitative estimate of drug-likeness (QED) is 0.763. The molecule has 2 N–H and O–H groups in total. The van der Waals surface area contributed by atoms with Gasteiger partial charge in [0.2, 0.25) is 0 Å². The van der Waals surface area contributed by atoms with E-state index in [2.05, 4.69) is 30.7 Å². The zero-order valence-electron chi connectivity index (χ0n) is 7.79. The molecular weight excluding hydrogens is 166 g/mol. The summed E-state index contributed by atoms with van der Waals surface area (Å²) in [6.45, 7) is 4.38. The molecule has 0 amide bonds. The van der Waals surface area contributed by atoms with Gasteiger partial charge in [-0.25, -0.2) is 0 Å². The molecule has 1 aromatic heterocycles. The van der Waals surface area contributed by atoms with E-state index in [0.29, 0.717) is 12.0 Å². The summed E-state index contributed by atoms with van der Waals surface area (Å²) in [6, 6.07) is 2.54. The predicted molar refractivity (Wildman–Crippen MR) is 55.5 cm³/mol. The zero-order chi connectivity index (χ0) is 8.97. The van der Waals surface area contributed by atoms with Crippen molar-refractivity contribution in [2.45, 2.75) is 32.7 Å². The van der Waals surface area contributed by atoms with Crippen LogP contribution in [0.2, 0.25) is 0 Å². The van der Waals surface area contributed by atoms with Gasteiger partial charge >= 0.3 is 0 Å². The van der Waals surface area contributed by atoms with Crippen molar-refractivity contribution in [3.63, 3.8) is 0 Å². The molecule has 0 aliphatic heterocycles. The van der Waals surface area contributed by atoms with E-state index in [9.17, 15) is 0 Å². The molecular formula is C10H17NS. The van der Waals surface area contributed by atoms with E-state index in [-0.39, 0.29) is 0 Å². The molecule has 2 heteroatoms. The predicted octanol–water partition coefficient (Wildman–Crippen LogP) is 2.66. The van der Waals surface area contributed by atoms with Crippen LogP contribution in [-0.2, 0) is 6.42 Å². The molecule has 0 bridgehead atoms. The zero-order valence-corrected chi connectivity index (χ0v) is 8.60. The fraction of sp³-hybridized carbons (Fsp3) is 0.600. The molecule has 0 saturated heterocycles. The van der Waals surface area contributed by atoms with Crippen LogP contribution >= 0.6 is 11.3 Å². The van der Waals surface area contributed by atoms with Gasteiger partial charge in [-0.1, -0.05) is 13.8 Å². The number of hydrogen-bond acceptors (Lipinski definition) is 2. The summed E-state index contributed by atoms with van der Waals surface area (Å²) < 4.78 is 0. The third-order valence-electron chi connectivity index (χ3n) is 2.34. The minimum absolute atomic E-state index is 0.352. The Labute approximate surface area is 78.6 Å². The molecule has 0 fully saturated rings. The third kappa shape index (κ3) is 2.61. The summed E-state index contributed by atoms with van der Waals surface area (Å²) in [4.78, 5) is 0. The Hall–Kier alpha value is -0.340. The first-order valence-electron chi connectivity index (χ1n) is 4.50. The van der Waals surface area contributed by atoms with Crippen LogP contribution in [0.3, 0.4) is 0 Å². The lowest BCUT2D eigenvalue weighted by Gasteiger charge is -2.17. The first-order valence-corrected chi connectivity index (χ1v) is 5.45. The van der Waals surface area contributed by atoms with Crippen molar-refractivity contribution < 1.29 is 0 Å². The second kappa shape index (κ2) is 4.63. The SMILES string of the molecule is CCC(N)C(C)Cc1ccsc1. The lowest BCUT2D eigenvalue weighted by atomic mass is 9.94. The highest BCUT2D eigenvalue weighted by Crippen LogP contribution is 2.14. The van der Waals surface area contributed by atoms with Gasteiger partial charge in [-0.2, -0.15) is 11.3 Å². The van der Waals surface area contributed by atoms with Crippen LogP contribution in [0.15, 0.2) is 16.8 Å². The Morgan fingerprint density at radius 3 is 2.83 bits per heavy atom. The van der Waals surface area contributed by atoms with Crippen molar-refractivity contribution in [3.05, 3.63) is 22.4 Å². The third-order valence-corrected chi connectivity index (χ3v) is 3.07. The maximum absolute atomic E-state index is 5.94. The van der Waals surface area contributed by atoms with Crippen LogP contribution in [0.1, 0.15) is 25.8 Å². The number of rotatable bonds is 4. The van der Waals surface area contributed by atoms with Crippen LogP contribution in [0.5, 0.6) is 0 Å². The molecule has 68 valence electrons. The summed E-state index contributed by atoms with van der Waals surface area (Å²) in [5.41, 5.74) is 7.36. The van der Waals surface area contributed by atoms with Gasteiger partial charge in [-0.05, 0) is 41.1 Å².